The molecule has 0 aliphatic rings. The van der Waals surface area contributed by atoms with Gasteiger partial charge in [0.05, 0.1) is 13.0 Å². The first kappa shape index (κ1) is 17.8. The van der Waals surface area contributed by atoms with E-state index in [9.17, 15) is 13.2 Å². The van der Waals surface area contributed by atoms with Crippen molar-refractivity contribution in [3.05, 3.63) is 54.1 Å². The van der Waals surface area contributed by atoms with E-state index in [1.807, 2.05) is 41.1 Å². The number of guanidine groups is 1. The average Bonchev–Trinajstić information content (AvgIpc) is 2.97. The normalized spacial score (nSPS) is 12.2. The van der Waals surface area contributed by atoms with Crippen molar-refractivity contribution in [1.82, 2.24) is 20.2 Å². The number of aromatic nitrogens is 2. The summed E-state index contributed by atoms with van der Waals surface area (Å²) in [4.78, 5) is 8.19. The molecule has 0 bridgehead atoms. The van der Waals surface area contributed by atoms with E-state index in [2.05, 4.69) is 20.6 Å². The zero-order valence-electron chi connectivity index (χ0n) is 13.3. The third-order valence-corrected chi connectivity index (χ3v) is 3.34. The number of hydrogen-bond donors (Lipinski definition) is 2. The Labute approximate surface area is 138 Å². The van der Waals surface area contributed by atoms with Crippen LogP contribution in [0.1, 0.15) is 17.8 Å². The van der Waals surface area contributed by atoms with Gasteiger partial charge in [-0.25, -0.2) is 4.98 Å². The van der Waals surface area contributed by atoms with Crippen LogP contribution in [0.2, 0.25) is 0 Å². The van der Waals surface area contributed by atoms with Crippen molar-refractivity contribution in [3.8, 4) is 0 Å². The van der Waals surface area contributed by atoms with Crippen LogP contribution in [0.4, 0.5) is 13.2 Å². The van der Waals surface area contributed by atoms with Gasteiger partial charge in [-0.15, -0.1) is 0 Å². The Kier molecular flexibility index (Phi) is 6.22. The molecule has 2 rings (SSSR count). The Morgan fingerprint density at radius 3 is 2.62 bits per heavy atom. The molecule has 0 aliphatic heterocycles. The third-order valence-electron chi connectivity index (χ3n) is 3.34. The van der Waals surface area contributed by atoms with Crippen LogP contribution in [0, 0.1) is 0 Å². The van der Waals surface area contributed by atoms with E-state index in [0.29, 0.717) is 19.0 Å². The molecule has 0 amide bonds. The Balaban J connectivity index is 1.86. The first-order valence-electron chi connectivity index (χ1n) is 7.53. The van der Waals surface area contributed by atoms with E-state index in [-0.39, 0.29) is 6.54 Å². The zero-order valence-corrected chi connectivity index (χ0v) is 13.3. The van der Waals surface area contributed by atoms with Gasteiger partial charge in [0.2, 0.25) is 0 Å². The number of aliphatic imine (C=N–C) groups is 1. The Hall–Kier alpha value is -2.51. The van der Waals surface area contributed by atoms with E-state index in [1.165, 1.54) is 7.05 Å². The molecular weight excluding hydrogens is 319 g/mol. The lowest BCUT2D eigenvalue weighted by Crippen LogP contribution is -2.39. The Bertz CT molecular complexity index is 649. The maximum absolute atomic E-state index is 12.2. The summed E-state index contributed by atoms with van der Waals surface area (Å²) in [5, 5.41) is 5.61. The number of hydrogen-bond acceptors (Lipinski definition) is 2. The minimum atomic E-state index is -4.18. The lowest BCUT2D eigenvalue weighted by Gasteiger charge is -2.13. The van der Waals surface area contributed by atoms with Crippen molar-refractivity contribution in [2.75, 3.05) is 13.6 Å². The van der Waals surface area contributed by atoms with Crippen LogP contribution in [0.15, 0.2) is 47.7 Å². The first-order valence-corrected chi connectivity index (χ1v) is 7.53. The fourth-order valence-electron chi connectivity index (χ4n) is 2.14. The van der Waals surface area contributed by atoms with Gasteiger partial charge in [0.15, 0.2) is 5.96 Å². The number of nitrogens with one attached hydrogen (secondary N) is 2. The summed E-state index contributed by atoms with van der Waals surface area (Å²) in [6.07, 6.45) is -1.53. The lowest BCUT2D eigenvalue weighted by molar-refractivity contribution is -0.132. The van der Waals surface area contributed by atoms with Gasteiger partial charge < -0.3 is 15.2 Å². The van der Waals surface area contributed by atoms with Crippen LogP contribution in [0.25, 0.3) is 0 Å². The number of rotatable bonds is 6. The van der Waals surface area contributed by atoms with Gasteiger partial charge in [-0.2, -0.15) is 13.2 Å². The predicted molar refractivity (Wildman–Crippen MR) is 86.6 cm³/mol. The van der Waals surface area contributed by atoms with Crippen molar-refractivity contribution >= 4 is 5.96 Å². The van der Waals surface area contributed by atoms with Crippen LogP contribution in [-0.2, 0) is 13.1 Å². The molecule has 0 fully saturated rings. The van der Waals surface area contributed by atoms with Crippen LogP contribution in [0.5, 0.6) is 0 Å². The van der Waals surface area contributed by atoms with Crippen LogP contribution in [-0.4, -0.2) is 35.3 Å². The van der Waals surface area contributed by atoms with Gasteiger partial charge in [0.25, 0.3) is 0 Å². The standard InChI is InChI=1S/C16H20F3N5/c1-20-15(22-8-7-16(17,18)19)23-11-14-21-9-10-24(14)12-13-5-3-2-4-6-13/h2-6,9-10H,7-8,11-12H2,1H3,(H2,20,22,23). The molecule has 0 aliphatic carbocycles. The molecule has 8 heteroatoms. The fraction of sp³-hybridized carbons (Fsp3) is 0.375. The smallest absolute Gasteiger partial charge is 0.356 e. The number of halogens is 3. The molecule has 0 spiro atoms. The van der Waals surface area contributed by atoms with Crippen molar-refractivity contribution in [2.24, 2.45) is 4.99 Å². The second-order valence-corrected chi connectivity index (χ2v) is 5.17. The van der Waals surface area contributed by atoms with Crippen molar-refractivity contribution in [3.63, 3.8) is 0 Å². The predicted octanol–water partition coefficient (Wildman–Crippen LogP) is 2.55. The van der Waals surface area contributed by atoms with E-state index in [4.69, 9.17) is 0 Å². The molecule has 0 unspecified atom stereocenters. The van der Waals surface area contributed by atoms with Gasteiger partial charge in [-0.1, -0.05) is 30.3 Å². The largest absolute Gasteiger partial charge is 0.390 e. The highest BCUT2D eigenvalue weighted by molar-refractivity contribution is 5.79. The SMILES string of the molecule is CN=C(NCCC(F)(F)F)NCc1nccn1Cc1ccccc1. The molecule has 2 aromatic rings. The Morgan fingerprint density at radius 1 is 1.21 bits per heavy atom. The summed E-state index contributed by atoms with van der Waals surface area (Å²) in [5.74, 6) is 1.09. The van der Waals surface area contributed by atoms with Crippen molar-refractivity contribution in [2.45, 2.75) is 25.7 Å². The van der Waals surface area contributed by atoms with Crippen LogP contribution < -0.4 is 10.6 Å². The first-order chi connectivity index (χ1) is 11.5. The topological polar surface area (TPSA) is 54.2 Å². The number of imidazole rings is 1. The van der Waals surface area contributed by atoms with Gasteiger partial charge >= 0.3 is 6.18 Å². The summed E-state index contributed by atoms with van der Waals surface area (Å²) in [6.45, 7) is 0.825. The molecule has 0 saturated heterocycles. The second-order valence-electron chi connectivity index (χ2n) is 5.17. The maximum atomic E-state index is 12.2. The highest BCUT2D eigenvalue weighted by Crippen LogP contribution is 2.18. The minimum absolute atomic E-state index is 0.221. The van der Waals surface area contributed by atoms with Gasteiger partial charge in [-0.3, -0.25) is 4.99 Å². The average molecular weight is 339 g/mol. The number of alkyl halides is 3. The molecule has 24 heavy (non-hydrogen) atoms. The van der Waals surface area contributed by atoms with Crippen LogP contribution in [0.3, 0.4) is 0 Å². The Morgan fingerprint density at radius 2 is 1.96 bits per heavy atom. The molecule has 0 atom stereocenters. The van der Waals surface area contributed by atoms with Gasteiger partial charge in [0.1, 0.15) is 5.82 Å². The highest BCUT2D eigenvalue weighted by Gasteiger charge is 2.26. The number of nitrogens with zero attached hydrogens (tertiary/aromatic N) is 3. The molecule has 1 aromatic heterocycles. The molecule has 130 valence electrons. The highest BCUT2D eigenvalue weighted by atomic mass is 19.4. The molecule has 0 radical (unpaired) electrons. The second kappa shape index (κ2) is 8.37. The van der Waals surface area contributed by atoms with Crippen LogP contribution >= 0.6 is 0 Å². The molecule has 1 aromatic carbocycles. The summed E-state index contributed by atoms with van der Waals surface area (Å²) in [7, 11) is 1.51. The summed E-state index contributed by atoms with van der Waals surface area (Å²) in [5.41, 5.74) is 1.14. The molecule has 5 nitrogen and oxygen atoms in total. The van der Waals surface area contributed by atoms with Crippen molar-refractivity contribution < 1.29 is 13.2 Å². The molecule has 2 N–H and O–H groups in total. The summed E-state index contributed by atoms with van der Waals surface area (Å²) >= 11 is 0. The van der Waals surface area contributed by atoms with E-state index in [1.54, 1.807) is 6.20 Å². The van der Waals surface area contributed by atoms with Gasteiger partial charge in [-0.05, 0) is 5.56 Å². The van der Waals surface area contributed by atoms with E-state index >= 15 is 0 Å². The lowest BCUT2D eigenvalue weighted by atomic mass is 10.2. The molecule has 1 heterocycles. The van der Waals surface area contributed by atoms with E-state index in [0.717, 1.165) is 11.4 Å². The fourth-order valence-corrected chi connectivity index (χ4v) is 2.14. The quantitative estimate of drug-likeness (QED) is 0.628. The summed E-state index contributed by atoms with van der Waals surface area (Å²) < 4.78 is 38.5. The third kappa shape index (κ3) is 5.94. The van der Waals surface area contributed by atoms with Crippen molar-refractivity contribution in [1.29, 1.82) is 0 Å². The zero-order chi connectivity index (χ0) is 17.4. The molecule has 0 saturated carbocycles. The van der Waals surface area contributed by atoms with E-state index < -0.39 is 12.6 Å². The molecular formula is C16H20F3N5. The maximum Gasteiger partial charge on any atom is 0.390 e. The number of benzene rings is 1. The van der Waals surface area contributed by atoms with Gasteiger partial charge in [0, 0.05) is 32.5 Å². The monoisotopic (exact) mass is 339 g/mol. The minimum Gasteiger partial charge on any atom is -0.356 e. The summed E-state index contributed by atoms with van der Waals surface area (Å²) in [6, 6.07) is 9.94.